The summed E-state index contributed by atoms with van der Waals surface area (Å²) in [6, 6.07) is -0.000856. The second-order valence-corrected chi connectivity index (χ2v) is 6.03. The second-order valence-electron chi connectivity index (χ2n) is 3.61. The summed E-state index contributed by atoms with van der Waals surface area (Å²) >= 11 is 5.51. The van der Waals surface area contributed by atoms with E-state index >= 15 is 0 Å². The zero-order valence-corrected chi connectivity index (χ0v) is 10.6. The zero-order valence-electron chi connectivity index (χ0n) is 8.99. The first-order valence-electron chi connectivity index (χ1n) is 5.25. The Morgan fingerprint density at radius 2 is 2.27 bits per heavy atom. The topological polar surface area (TPSA) is 46.6 Å². The van der Waals surface area contributed by atoms with Crippen molar-refractivity contribution >= 4 is 21.6 Å². The highest BCUT2D eigenvalue weighted by Gasteiger charge is 2.30. The molecule has 15 heavy (non-hydrogen) atoms. The summed E-state index contributed by atoms with van der Waals surface area (Å²) in [7, 11) is -3.14. The fourth-order valence-electron chi connectivity index (χ4n) is 1.68. The third-order valence-corrected chi connectivity index (χ3v) is 4.81. The van der Waals surface area contributed by atoms with E-state index < -0.39 is 10.0 Å². The molecule has 90 valence electrons. The molecule has 0 aliphatic carbocycles. The van der Waals surface area contributed by atoms with E-state index in [1.165, 1.54) is 0 Å². The Morgan fingerprint density at radius 1 is 1.53 bits per heavy atom. The van der Waals surface area contributed by atoms with Crippen LogP contribution in [0, 0.1) is 0 Å². The number of ether oxygens (including phenoxy) is 1. The molecule has 1 heterocycles. The van der Waals surface area contributed by atoms with Crippen LogP contribution >= 0.6 is 11.6 Å². The van der Waals surface area contributed by atoms with Gasteiger partial charge in [0.25, 0.3) is 0 Å². The molecule has 0 aromatic rings. The maximum absolute atomic E-state index is 11.9. The third kappa shape index (κ3) is 3.59. The largest absolute Gasteiger partial charge is 0.378 e. The van der Waals surface area contributed by atoms with Gasteiger partial charge in [0.15, 0.2) is 0 Å². The lowest BCUT2D eigenvalue weighted by Crippen LogP contribution is -2.49. The van der Waals surface area contributed by atoms with Gasteiger partial charge in [0, 0.05) is 18.5 Å². The van der Waals surface area contributed by atoms with E-state index in [0.29, 0.717) is 32.1 Å². The molecular weight excluding hydrogens is 238 g/mol. The number of hydrogen-bond acceptors (Lipinski definition) is 3. The summed E-state index contributed by atoms with van der Waals surface area (Å²) in [4.78, 5) is 0. The van der Waals surface area contributed by atoms with Gasteiger partial charge < -0.3 is 4.74 Å². The third-order valence-electron chi connectivity index (χ3n) is 2.54. The molecule has 6 heteroatoms. The standard InChI is InChI=1S/C9H18ClNO3S/c1-2-9-8-14-6-5-11(9)15(12,13)7-3-4-10/h9H,2-8H2,1H3. The van der Waals surface area contributed by atoms with Crippen molar-refractivity contribution in [2.75, 3.05) is 31.4 Å². The zero-order chi connectivity index (χ0) is 11.3. The first-order chi connectivity index (χ1) is 7.11. The minimum absolute atomic E-state index is 0.000856. The van der Waals surface area contributed by atoms with Crippen LogP contribution in [0.25, 0.3) is 0 Å². The molecule has 1 aliphatic heterocycles. The molecule has 0 N–H and O–H groups in total. The average molecular weight is 256 g/mol. The van der Waals surface area contributed by atoms with Crippen LogP contribution in [0.1, 0.15) is 19.8 Å². The SMILES string of the molecule is CCC1COCCN1S(=O)(=O)CCCCl. The molecule has 1 unspecified atom stereocenters. The van der Waals surface area contributed by atoms with Crippen LogP contribution in [0.2, 0.25) is 0 Å². The second kappa shape index (κ2) is 6.03. The molecule has 4 nitrogen and oxygen atoms in total. The minimum atomic E-state index is -3.14. The highest BCUT2D eigenvalue weighted by atomic mass is 35.5. The van der Waals surface area contributed by atoms with Gasteiger partial charge in [-0.05, 0) is 12.8 Å². The fraction of sp³-hybridized carbons (Fsp3) is 1.00. The molecule has 1 atom stereocenters. The van der Waals surface area contributed by atoms with Gasteiger partial charge in [-0.15, -0.1) is 11.6 Å². The Kier molecular flexibility index (Phi) is 5.32. The van der Waals surface area contributed by atoms with E-state index in [0.717, 1.165) is 6.42 Å². The van der Waals surface area contributed by atoms with Crippen LogP contribution in [0.3, 0.4) is 0 Å². The van der Waals surface area contributed by atoms with Crippen molar-refractivity contribution < 1.29 is 13.2 Å². The maximum Gasteiger partial charge on any atom is 0.214 e. The van der Waals surface area contributed by atoms with E-state index in [9.17, 15) is 8.42 Å². The van der Waals surface area contributed by atoms with E-state index in [-0.39, 0.29) is 11.8 Å². The number of hydrogen-bond donors (Lipinski definition) is 0. The Bertz CT molecular complexity index is 281. The molecule has 1 rings (SSSR count). The lowest BCUT2D eigenvalue weighted by Gasteiger charge is -2.33. The minimum Gasteiger partial charge on any atom is -0.378 e. The highest BCUT2D eigenvalue weighted by Crippen LogP contribution is 2.16. The molecule has 0 bridgehead atoms. The first-order valence-corrected chi connectivity index (χ1v) is 7.39. The van der Waals surface area contributed by atoms with Crippen LogP contribution in [0.5, 0.6) is 0 Å². The van der Waals surface area contributed by atoms with Gasteiger partial charge in [-0.3, -0.25) is 0 Å². The van der Waals surface area contributed by atoms with Crippen LogP contribution in [-0.2, 0) is 14.8 Å². The Morgan fingerprint density at radius 3 is 2.87 bits per heavy atom. The number of halogens is 1. The summed E-state index contributed by atoms with van der Waals surface area (Å²) < 4.78 is 30.7. The highest BCUT2D eigenvalue weighted by molar-refractivity contribution is 7.89. The van der Waals surface area contributed by atoms with Crippen LogP contribution in [0.15, 0.2) is 0 Å². The molecule has 1 saturated heterocycles. The summed E-state index contributed by atoms with van der Waals surface area (Å²) in [5.74, 6) is 0.535. The smallest absolute Gasteiger partial charge is 0.214 e. The lowest BCUT2D eigenvalue weighted by molar-refractivity contribution is 0.0314. The van der Waals surface area contributed by atoms with Crippen LogP contribution < -0.4 is 0 Å². The quantitative estimate of drug-likeness (QED) is 0.690. The molecule has 0 aromatic heterocycles. The van der Waals surface area contributed by atoms with Gasteiger partial charge in [0.1, 0.15) is 0 Å². The number of nitrogens with zero attached hydrogens (tertiary/aromatic N) is 1. The van der Waals surface area contributed by atoms with Crippen LogP contribution in [-0.4, -0.2) is 50.2 Å². The Hall–Kier alpha value is 0.160. The summed E-state index contributed by atoms with van der Waals surface area (Å²) in [5.41, 5.74) is 0. The van der Waals surface area contributed by atoms with E-state index in [4.69, 9.17) is 16.3 Å². The number of sulfonamides is 1. The normalized spacial score (nSPS) is 24.3. The van der Waals surface area contributed by atoms with E-state index in [1.807, 2.05) is 6.92 Å². The number of rotatable bonds is 5. The Balaban J connectivity index is 2.65. The van der Waals surface area contributed by atoms with Gasteiger partial charge in [-0.25, -0.2) is 8.42 Å². The Labute approximate surface area is 96.6 Å². The molecule has 0 spiro atoms. The van der Waals surface area contributed by atoms with Crippen molar-refractivity contribution in [1.29, 1.82) is 0 Å². The monoisotopic (exact) mass is 255 g/mol. The van der Waals surface area contributed by atoms with Crippen molar-refractivity contribution in [3.05, 3.63) is 0 Å². The summed E-state index contributed by atoms with van der Waals surface area (Å²) in [6.07, 6.45) is 1.30. The first kappa shape index (κ1) is 13.2. The van der Waals surface area contributed by atoms with Crippen molar-refractivity contribution in [3.63, 3.8) is 0 Å². The van der Waals surface area contributed by atoms with Gasteiger partial charge in [-0.2, -0.15) is 4.31 Å². The average Bonchev–Trinajstić information content (AvgIpc) is 2.26. The van der Waals surface area contributed by atoms with Gasteiger partial charge >= 0.3 is 0 Å². The molecule has 0 amide bonds. The molecular formula is C9H18ClNO3S. The van der Waals surface area contributed by atoms with Crippen molar-refractivity contribution in [2.45, 2.75) is 25.8 Å². The van der Waals surface area contributed by atoms with Gasteiger partial charge in [-0.1, -0.05) is 6.92 Å². The van der Waals surface area contributed by atoms with E-state index in [2.05, 4.69) is 0 Å². The molecule has 0 saturated carbocycles. The molecule has 0 radical (unpaired) electrons. The van der Waals surface area contributed by atoms with Crippen LogP contribution in [0.4, 0.5) is 0 Å². The van der Waals surface area contributed by atoms with E-state index in [1.54, 1.807) is 4.31 Å². The lowest BCUT2D eigenvalue weighted by atomic mass is 10.2. The summed E-state index contributed by atoms with van der Waals surface area (Å²) in [5, 5.41) is 0. The number of alkyl halides is 1. The van der Waals surface area contributed by atoms with Gasteiger partial charge in [0.05, 0.1) is 19.0 Å². The van der Waals surface area contributed by atoms with Crippen molar-refractivity contribution in [1.82, 2.24) is 4.31 Å². The fourth-order valence-corrected chi connectivity index (χ4v) is 3.73. The molecule has 1 aliphatic rings. The van der Waals surface area contributed by atoms with Crippen molar-refractivity contribution in [2.24, 2.45) is 0 Å². The maximum atomic E-state index is 11.9. The van der Waals surface area contributed by atoms with Gasteiger partial charge in [0.2, 0.25) is 10.0 Å². The number of morpholine rings is 1. The molecule has 0 aromatic carbocycles. The molecule has 1 fully saturated rings. The van der Waals surface area contributed by atoms with Crippen molar-refractivity contribution in [3.8, 4) is 0 Å². The predicted octanol–water partition coefficient (Wildman–Crippen LogP) is 1.06. The summed E-state index contributed by atoms with van der Waals surface area (Å²) in [6.45, 7) is 3.46. The predicted molar refractivity (Wildman–Crippen MR) is 60.7 cm³/mol.